The van der Waals surface area contributed by atoms with Crippen LogP contribution in [0.25, 0.3) is 0 Å². The highest BCUT2D eigenvalue weighted by molar-refractivity contribution is 5.76. The minimum atomic E-state index is 0.137. The second kappa shape index (κ2) is 6.71. The summed E-state index contributed by atoms with van der Waals surface area (Å²) in [6.45, 7) is 2.67. The first kappa shape index (κ1) is 14.1. The Kier molecular flexibility index (Phi) is 4.97. The lowest BCUT2D eigenvalue weighted by Gasteiger charge is -2.20. The number of benzene rings is 1. The summed E-state index contributed by atoms with van der Waals surface area (Å²) < 4.78 is 0. The Morgan fingerprint density at radius 2 is 2.05 bits per heavy atom. The fraction of sp³-hybridized carbons (Fsp3) is 0.562. The Hall–Kier alpha value is -1.35. The molecular weight excluding hydrogens is 236 g/mol. The molecule has 1 aliphatic rings. The molecule has 1 amide bonds. The number of nitrogens with one attached hydrogen (secondary N) is 1. The van der Waals surface area contributed by atoms with Gasteiger partial charge in [-0.05, 0) is 36.8 Å². The van der Waals surface area contributed by atoms with Crippen molar-refractivity contribution < 1.29 is 4.79 Å². The van der Waals surface area contributed by atoms with Gasteiger partial charge in [-0.2, -0.15) is 0 Å². The summed E-state index contributed by atoms with van der Waals surface area (Å²) >= 11 is 0. The van der Waals surface area contributed by atoms with Crippen LogP contribution in [-0.2, 0) is 4.79 Å². The molecule has 0 saturated heterocycles. The topological polar surface area (TPSA) is 55.1 Å². The van der Waals surface area contributed by atoms with Crippen LogP contribution >= 0.6 is 0 Å². The van der Waals surface area contributed by atoms with E-state index in [0.717, 1.165) is 6.42 Å². The molecule has 0 bridgehead atoms. The SMILES string of the molecule is CCC(CN)CC(=O)NC(c1ccccc1)C1CC1. The molecule has 1 aliphatic carbocycles. The number of hydrogen-bond acceptors (Lipinski definition) is 2. The molecule has 104 valence electrons. The number of rotatable bonds is 7. The summed E-state index contributed by atoms with van der Waals surface area (Å²) in [4.78, 5) is 12.1. The van der Waals surface area contributed by atoms with Gasteiger partial charge in [-0.3, -0.25) is 4.79 Å². The van der Waals surface area contributed by atoms with Gasteiger partial charge in [0.15, 0.2) is 0 Å². The van der Waals surface area contributed by atoms with E-state index in [1.54, 1.807) is 0 Å². The normalized spacial score (nSPS) is 17.8. The largest absolute Gasteiger partial charge is 0.349 e. The molecule has 0 spiro atoms. The van der Waals surface area contributed by atoms with Gasteiger partial charge in [-0.1, -0.05) is 43.7 Å². The van der Waals surface area contributed by atoms with Gasteiger partial charge in [0, 0.05) is 6.42 Å². The molecule has 0 heterocycles. The first-order valence-corrected chi connectivity index (χ1v) is 7.29. The van der Waals surface area contributed by atoms with E-state index >= 15 is 0 Å². The summed E-state index contributed by atoms with van der Waals surface area (Å²) in [6, 6.07) is 10.5. The van der Waals surface area contributed by atoms with Crippen LogP contribution < -0.4 is 11.1 Å². The van der Waals surface area contributed by atoms with Crippen molar-refractivity contribution >= 4 is 5.91 Å². The Bertz CT molecular complexity index is 396. The van der Waals surface area contributed by atoms with Crippen LogP contribution in [-0.4, -0.2) is 12.5 Å². The average Bonchev–Trinajstić information content (AvgIpc) is 3.27. The van der Waals surface area contributed by atoms with Crippen molar-refractivity contribution in [3.05, 3.63) is 35.9 Å². The molecule has 3 N–H and O–H groups in total. The standard InChI is InChI=1S/C16H24N2O/c1-2-12(11-17)10-15(19)18-16(14-8-9-14)13-6-4-3-5-7-13/h3-7,12,14,16H,2,8-11,17H2,1H3,(H,18,19). The summed E-state index contributed by atoms with van der Waals surface area (Å²) in [7, 11) is 0. The fourth-order valence-electron chi connectivity index (χ4n) is 2.45. The summed E-state index contributed by atoms with van der Waals surface area (Å²) in [5.74, 6) is 1.05. The molecule has 1 fully saturated rings. The van der Waals surface area contributed by atoms with Crippen molar-refractivity contribution in [1.29, 1.82) is 0 Å². The molecule has 0 aliphatic heterocycles. The van der Waals surface area contributed by atoms with Gasteiger partial charge in [0.25, 0.3) is 0 Å². The molecule has 0 radical (unpaired) electrons. The van der Waals surface area contributed by atoms with Crippen molar-refractivity contribution in [3.8, 4) is 0 Å². The predicted octanol–water partition coefficient (Wildman–Crippen LogP) is 2.63. The minimum Gasteiger partial charge on any atom is -0.349 e. The van der Waals surface area contributed by atoms with Crippen molar-refractivity contribution in [3.63, 3.8) is 0 Å². The van der Waals surface area contributed by atoms with Crippen LogP contribution in [0.15, 0.2) is 30.3 Å². The maximum atomic E-state index is 12.1. The van der Waals surface area contributed by atoms with E-state index in [1.807, 2.05) is 18.2 Å². The summed E-state index contributed by atoms with van der Waals surface area (Å²) in [5.41, 5.74) is 6.89. The Labute approximate surface area is 115 Å². The van der Waals surface area contributed by atoms with Gasteiger partial charge < -0.3 is 11.1 Å². The van der Waals surface area contributed by atoms with Gasteiger partial charge in [-0.15, -0.1) is 0 Å². The summed E-state index contributed by atoms with van der Waals surface area (Å²) in [5, 5.41) is 3.20. The Morgan fingerprint density at radius 1 is 1.37 bits per heavy atom. The third kappa shape index (κ3) is 4.06. The zero-order valence-corrected chi connectivity index (χ0v) is 11.6. The van der Waals surface area contributed by atoms with Gasteiger partial charge in [0.1, 0.15) is 0 Å². The highest BCUT2D eigenvalue weighted by Crippen LogP contribution is 2.41. The van der Waals surface area contributed by atoms with E-state index in [4.69, 9.17) is 5.73 Å². The van der Waals surface area contributed by atoms with Gasteiger partial charge in [-0.25, -0.2) is 0 Å². The zero-order chi connectivity index (χ0) is 13.7. The molecule has 2 atom stereocenters. The first-order chi connectivity index (χ1) is 9.24. The molecule has 1 saturated carbocycles. The molecular formula is C16H24N2O. The van der Waals surface area contributed by atoms with Crippen LogP contribution in [0.1, 0.15) is 44.2 Å². The van der Waals surface area contributed by atoms with Gasteiger partial charge in [0.05, 0.1) is 6.04 Å². The van der Waals surface area contributed by atoms with Crippen LogP contribution in [0.2, 0.25) is 0 Å². The Morgan fingerprint density at radius 3 is 2.58 bits per heavy atom. The summed E-state index contributed by atoms with van der Waals surface area (Å²) in [6.07, 6.45) is 3.94. The average molecular weight is 260 g/mol. The highest BCUT2D eigenvalue weighted by atomic mass is 16.1. The Balaban J connectivity index is 1.96. The third-order valence-electron chi connectivity index (χ3n) is 3.95. The van der Waals surface area contributed by atoms with Crippen molar-refractivity contribution in [1.82, 2.24) is 5.32 Å². The molecule has 1 aromatic rings. The molecule has 2 unspecified atom stereocenters. The van der Waals surface area contributed by atoms with Gasteiger partial charge >= 0.3 is 0 Å². The van der Waals surface area contributed by atoms with E-state index in [9.17, 15) is 4.79 Å². The smallest absolute Gasteiger partial charge is 0.220 e. The molecule has 2 rings (SSSR count). The van der Waals surface area contributed by atoms with Crippen LogP contribution in [0, 0.1) is 11.8 Å². The second-order valence-corrected chi connectivity index (χ2v) is 5.51. The fourth-order valence-corrected chi connectivity index (χ4v) is 2.45. The van der Waals surface area contributed by atoms with Crippen LogP contribution in [0.5, 0.6) is 0 Å². The predicted molar refractivity (Wildman–Crippen MR) is 77.5 cm³/mol. The van der Waals surface area contributed by atoms with E-state index in [2.05, 4.69) is 24.4 Å². The molecule has 0 aromatic heterocycles. The van der Waals surface area contributed by atoms with Gasteiger partial charge in [0.2, 0.25) is 5.91 Å². The first-order valence-electron chi connectivity index (χ1n) is 7.29. The van der Waals surface area contributed by atoms with Crippen molar-refractivity contribution in [2.45, 2.75) is 38.6 Å². The number of carbonyl (C=O) groups excluding carboxylic acids is 1. The number of nitrogens with two attached hydrogens (primary N) is 1. The zero-order valence-electron chi connectivity index (χ0n) is 11.6. The van der Waals surface area contributed by atoms with E-state index in [-0.39, 0.29) is 11.9 Å². The number of carbonyl (C=O) groups is 1. The van der Waals surface area contributed by atoms with Crippen molar-refractivity contribution in [2.75, 3.05) is 6.54 Å². The lowest BCUT2D eigenvalue weighted by Crippen LogP contribution is -2.32. The second-order valence-electron chi connectivity index (χ2n) is 5.51. The third-order valence-corrected chi connectivity index (χ3v) is 3.95. The lowest BCUT2D eigenvalue weighted by atomic mass is 9.99. The van der Waals surface area contributed by atoms with Crippen LogP contribution in [0.3, 0.4) is 0 Å². The maximum Gasteiger partial charge on any atom is 0.220 e. The monoisotopic (exact) mass is 260 g/mol. The number of hydrogen-bond donors (Lipinski definition) is 2. The van der Waals surface area contributed by atoms with Crippen LogP contribution in [0.4, 0.5) is 0 Å². The minimum absolute atomic E-state index is 0.137. The van der Waals surface area contributed by atoms with E-state index < -0.39 is 0 Å². The van der Waals surface area contributed by atoms with E-state index in [1.165, 1.54) is 18.4 Å². The molecule has 3 nitrogen and oxygen atoms in total. The quantitative estimate of drug-likeness (QED) is 0.792. The molecule has 3 heteroatoms. The highest BCUT2D eigenvalue weighted by Gasteiger charge is 2.33. The number of amides is 1. The molecule has 1 aromatic carbocycles. The lowest BCUT2D eigenvalue weighted by molar-refractivity contribution is -0.122. The van der Waals surface area contributed by atoms with Crippen molar-refractivity contribution in [2.24, 2.45) is 17.6 Å². The van der Waals surface area contributed by atoms with E-state index in [0.29, 0.717) is 24.8 Å². The molecule has 19 heavy (non-hydrogen) atoms. The maximum absolute atomic E-state index is 12.1.